The highest BCUT2D eigenvalue weighted by molar-refractivity contribution is 9.10. The van der Waals surface area contributed by atoms with E-state index in [-0.39, 0.29) is 5.41 Å². The highest BCUT2D eigenvalue weighted by Crippen LogP contribution is 2.25. The fourth-order valence-corrected chi connectivity index (χ4v) is 2.59. The van der Waals surface area contributed by atoms with Crippen LogP contribution in [0.15, 0.2) is 40.9 Å². The summed E-state index contributed by atoms with van der Waals surface area (Å²) in [6.07, 6.45) is 1.87. The fourth-order valence-electron chi connectivity index (χ4n) is 2.11. The van der Waals surface area contributed by atoms with Gasteiger partial charge in [-0.05, 0) is 47.9 Å². The van der Waals surface area contributed by atoms with Crippen molar-refractivity contribution in [2.75, 3.05) is 6.61 Å². The zero-order chi connectivity index (χ0) is 15.5. The Morgan fingerprint density at radius 2 is 1.86 bits per heavy atom. The van der Waals surface area contributed by atoms with Gasteiger partial charge in [-0.1, -0.05) is 54.1 Å². The van der Waals surface area contributed by atoms with Crippen LogP contribution in [-0.4, -0.2) is 11.6 Å². The van der Waals surface area contributed by atoms with Crippen LogP contribution in [0.25, 0.3) is 10.8 Å². The number of halogens is 1. The SMILES string of the molecule is CC(C)(CCCOc1ccc2cc(Br)ccc2c1)C(N)=S. The summed E-state index contributed by atoms with van der Waals surface area (Å²) in [5.74, 6) is 0.901. The molecule has 2 aromatic carbocycles. The summed E-state index contributed by atoms with van der Waals surface area (Å²) in [7, 11) is 0. The standard InChI is InChI=1S/C17H20BrNOS/c1-17(2,16(19)21)8-3-9-20-15-7-5-12-10-14(18)6-4-13(12)11-15/h4-7,10-11H,3,8-9H2,1-2H3,(H2,19,21). The monoisotopic (exact) mass is 365 g/mol. The summed E-state index contributed by atoms with van der Waals surface area (Å²) < 4.78 is 6.91. The largest absolute Gasteiger partial charge is 0.494 e. The molecule has 0 unspecified atom stereocenters. The summed E-state index contributed by atoms with van der Waals surface area (Å²) in [5.41, 5.74) is 5.62. The molecule has 0 radical (unpaired) electrons. The van der Waals surface area contributed by atoms with Gasteiger partial charge in [0.2, 0.25) is 0 Å². The van der Waals surface area contributed by atoms with Crippen LogP contribution in [0.5, 0.6) is 5.75 Å². The molecule has 0 saturated heterocycles. The van der Waals surface area contributed by atoms with Crippen LogP contribution >= 0.6 is 28.1 Å². The number of fused-ring (bicyclic) bond motifs is 1. The molecule has 0 heterocycles. The maximum atomic E-state index is 5.82. The second kappa shape index (κ2) is 6.75. The van der Waals surface area contributed by atoms with Crippen LogP contribution in [0.2, 0.25) is 0 Å². The Morgan fingerprint density at radius 3 is 2.57 bits per heavy atom. The lowest BCUT2D eigenvalue weighted by atomic mass is 9.88. The molecule has 21 heavy (non-hydrogen) atoms. The number of benzene rings is 2. The number of ether oxygens (including phenoxy) is 1. The number of hydrogen-bond donors (Lipinski definition) is 1. The minimum absolute atomic E-state index is 0.103. The van der Waals surface area contributed by atoms with E-state index in [1.54, 1.807) is 0 Å². The predicted molar refractivity (Wildman–Crippen MR) is 96.9 cm³/mol. The van der Waals surface area contributed by atoms with E-state index >= 15 is 0 Å². The maximum absolute atomic E-state index is 5.82. The highest BCUT2D eigenvalue weighted by atomic mass is 79.9. The van der Waals surface area contributed by atoms with Crippen LogP contribution < -0.4 is 10.5 Å². The van der Waals surface area contributed by atoms with E-state index in [9.17, 15) is 0 Å². The molecule has 2 nitrogen and oxygen atoms in total. The van der Waals surface area contributed by atoms with Crippen molar-refractivity contribution in [3.63, 3.8) is 0 Å². The van der Waals surface area contributed by atoms with Crippen LogP contribution in [0.3, 0.4) is 0 Å². The molecule has 0 fully saturated rings. The Morgan fingerprint density at radius 1 is 1.19 bits per heavy atom. The van der Waals surface area contributed by atoms with Gasteiger partial charge in [-0.25, -0.2) is 0 Å². The summed E-state index contributed by atoms with van der Waals surface area (Å²) in [6, 6.07) is 12.4. The van der Waals surface area contributed by atoms with E-state index < -0.39 is 0 Å². The summed E-state index contributed by atoms with van der Waals surface area (Å²) >= 11 is 8.55. The van der Waals surface area contributed by atoms with Gasteiger partial charge in [0.1, 0.15) is 5.75 Å². The lowest BCUT2D eigenvalue weighted by molar-refractivity contribution is 0.288. The first-order valence-corrected chi connectivity index (χ1v) is 8.21. The van der Waals surface area contributed by atoms with E-state index in [2.05, 4.69) is 54.0 Å². The van der Waals surface area contributed by atoms with Gasteiger partial charge >= 0.3 is 0 Å². The Hall–Kier alpha value is -1.13. The maximum Gasteiger partial charge on any atom is 0.119 e. The molecule has 0 atom stereocenters. The quantitative estimate of drug-likeness (QED) is 0.572. The third kappa shape index (κ3) is 4.42. The second-order valence-corrected chi connectivity index (χ2v) is 7.21. The molecule has 4 heteroatoms. The van der Waals surface area contributed by atoms with Gasteiger partial charge < -0.3 is 10.5 Å². The average molecular weight is 366 g/mol. The van der Waals surface area contributed by atoms with E-state index in [0.717, 1.165) is 23.1 Å². The molecule has 0 aliphatic rings. The van der Waals surface area contributed by atoms with E-state index in [1.807, 2.05) is 12.1 Å². The lowest BCUT2D eigenvalue weighted by Crippen LogP contribution is -2.30. The summed E-state index contributed by atoms with van der Waals surface area (Å²) in [6.45, 7) is 4.82. The predicted octanol–water partition coefficient (Wildman–Crippen LogP) is 5.07. The molecule has 0 aromatic heterocycles. The smallest absolute Gasteiger partial charge is 0.119 e. The van der Waals surface area contributed by atoms with Crippen LogP contribution in [0.1, 0.15) is 26.7 Å². The van der Waals surface area contributed by atoms with Crippen molar-refractivity contribution in [1.82, 2.24) is 0 Å². The number of rotatable bonds is 6. The van der Waals surface area contributed by atoms with E-state index in [4.69, 9.17) is 22.7 Å². The second-order valence-electron chi connectivity index (χ2n) is 5.85. The Balaban J connectivity index is 1.92. The molecule has 0 aliphatic heterocycles. The van der Waals surface area contributed by atoms with Crippen molar-refractivity contribution < 1.29 is 4.74 Å². The zero-order valence-corrected chi connectivity index (χ0v) is 14.8. The van der Waals surface area contributed by atoms with Crippen molar-refractivity contribution in [3.8, 4) is 5.75 Å². The summed E-state index contributed by atoms with van der Waals surface area (Å²) in [5, 5.41) is 2.38. The topological polar surface area (TPSA) is 35.2 Å². The van der Waals surface area contributed by atoms with Gasteiger partial charge in [-0.3, -0.25) is 0 Å². The molecule has 2 aromatic rings. The van der Waals surface area contributed by atoms with Gasteiger partial charge in [-0.15, -0.1) is 0 Å². The van der Waals surface area contributed by atoms with E-state index in [0.29, 0.717) is 11.6 Å². The van der Waals surface area contributed by atoms with Gasteiger partial charge in [0.05, 0.1) is 11.6 Å². The molecule has 2 rings (SSSR count). The average Bonchev–Trinajstić information content (AvgIpc) is 2.43. The molecule has 112 valence electrons. The zero-order valence-electron chi connectivity index (χ0n) is 12.4. The van der Waals surface area contributed by atoms with Crippen LogP contribution in [0.4, 0.5) is 0 Å². The van der Waals surface area contributed by atoms with Gasteiger partial charge in [0.15, 0.2) is 0 Å². The fraction of sp³-hybridized carbons (Fsp3) is 0.353. The lowest BCUT2D eigenvalue weighted by Gasteiger charge is -2.22. The number of thiocarbonyl (C=S) groups is 1. The van der Waals surface area contributed by atoms with Crippen LogP contribution in [-0.2, 0) is 0 Å². The molecule has 0 saturated carbocycles. The summed E-state index contributed by atoms with van der Waals surface area (Å²) in [4.78, 5) is 0.568. The third-order valence-electron chi connectivity index (χ3n) is 3.66. The highest BCUT2D eigenvalue weighted by Gasteiger charge is 2.20. The first-order valence-electron chi connectivity index (χ1n) is 7.00. The van der Waals surface area contributed by atoms with Crippen molar-refractivity contribution in [3.05, 3.63) is 40.9 Å². The molecule has 0 bridgehead atoms. The number of nitrogens with two attached hydrogens (primary N) is 1. The van der Waals surface area contributed by atoms with Crippen molar-refractivity contribution in [2.24, 2.45) is 11.1 Å². The molecular formula is C17H20BrNOS. The Kier molecular flexibility index (Phi) is 5.22. The first-order chi connectivity index (χ1) is 9.88. The third-order valence-corrected chi connectivity index (χ3v) is 4.70. The van der Waals surface area contributed by atoms with Gasteiger partial charge in [-0.2, -0.15) is 0 Å². The molecule has 0 amide bonds. The van der Waals surface area contributed by atoms with Gasteiger partial charge in [0.25, 0.3) is 0 Å². The minimum Gasteiger partial charge on any atom is -0.494 e. The van der Waals surface area contributed by atoms with Gasteiger partial charge in [0, 0.05) is 9.89 Å². The van der Waals surface area contributed by atoms with Crippen molar-refractivity contribution >= 4 is 43.9 Å². The van der Waals surface area contributed by atoms with Crippen molar-refractivity contribution in [2.45, 2.75) is 26.7 Å². The first kappa shape index (κ1) is 16.2. The minimum atomic E-state index is -0.103. The molecule has 0 aliphatic carbocycles. The molecule has 0 spiro atoms. The molecular weight excluding hydrogens is 346 g/mol. The van der Waals surface area contributed by atoms with Crippen molar-refractivity contribution in [1.29, 1.82) is 0 Å². The van der Waals surface area contributed by atoms with Crippen LogP contribution in [0, 0.1) is 5.41 Å². The Labute approximate surface area is 139 Å². The normalized spacial score (nSPS) is 11.6. The number of hydrogen-bond acceptors (Lipinski definition) is 2. The van der Waals surface area contributed by atoms with E-state index in [1.165, 1.54) is 10.8 Å². The molecule has 2 N–H and O–H groups in total. The Bertz CT molecular complexity index is 654.